The number of carbonyl (C=O) groups is 2. The number of fused-ring (bicyclic) bond motifs is 1. The molecule has 6 nitrogen and oxygen atoms in total. The lowest BCUT2D eigenvalue weighted by Crippen LogP contribution is -2.54. The number of hydrogen-bond donors (Lipinski definition) is 1. The molecule has 35 heavy (non-hydrogen) atoms. The largest absolute Gasteiger partial charge is 0.457 e. The van der Waals surface area contributed by atoms with Crippen LogP contribution in [0.3, 0.4) is 0 Å². The van der Waals surface area contributed by atoms with E-state index in [9.17, 15) is 9.59 Å². The highest BCUT2D eigenvalue weighted by molar-refractivity contribution is 7.80. The van der Waals surface area contributed by atoms with Crippen LogP contribution in [0.15, 0.2) is 84.4 Å². The molecule has 5 rings (SSSR count). The molecule has 1 aromatic heterocycles. The summed E-state index contributed by atoms with van der Waals surface area (Å²) in [6.07, 6.45) is 1.44. The fourth-order valence-electron chi connectivity index (χ4n) is 3.78. The van der Waals surface area contributed by atoms with Crippen LogP contribution in [0, 0.1) is 6.92 Å². The molecule has 1 saturated heterocycles. The molecule has 0 atom stereocenters. The van der Waals surface area contributed by atoms with E-state index in [2.05, 4.69) is 10.3 Å². The van der Waals surface area contributed by atoms with Gasteiger partial charge >= 0.3 is 0 Å². The van der Waals surface area contributed by atoms with Crippen molar-refractivity contribution in [1.29, 1.82) is 0 Å². The minimum atomic E-state index is -0.597. The minimum Gasteiger partial charge on any atom is -0.457 e. The Morgan fingerprint density at radius 2 is 1.69 bits per heavy atom. The zero-order valence-corrected chi connectivity index (χ0v) is 20.1. The molecular weight excluding hydrogens is 482 g/mol. The second-order valence-electron chi connectivity index (χ2n) is 7.88. The minimum absolute atomic E-state index is 0.00719. The number of carbonyl (C=O) groups excluding carboxylic acids is 2. The maximum absolute atomic E-state index is 13.4. The molecule has 3 aromatic carbocycles. The summed E-state index contributed by atoms with van der Waals surface area (Å²) in [5, 5.41) is 3.63. The van der Waals surface area contributed by atoms with E-state index in [1.807, 2.05) is 55.5 Å². The lowest BCUT2D eigenvalue weighted by atomic mass is 10.1. The average Bonchev–Trinajstić information content (AvgIpc) is 2.84. The Bertz CT molecular complexity index is 1520. The number of amides is 2. The maximum atomic E-state index is 13.4. The predicted molar refractivity (Wildman–Crippen MR) is 141 cm³/mol. The van der Waals surface area contributed by atoms with Gasteiger partial charge in [-0.05, 0) is 73.2 Å². The van der Waals surface area contributed by atoms with E-state index in [0.29, 0.717) is 22.7 Å². The van der Waals surface area contributed by atoms with Crippen molar-refractivity contribution < 1.29 is 14.3 Å². The van der Waals surface area contributed by atoms with E-state index in [0.717, 1.165) is 16.5 Å². The topological polar surface area (TPSA) is 71.5 Å². The molecule has 0 unspecified atom stereocenters. The highest BCUT2D eigenvalue weighted by atomic mass is 35.5. The van der Waals surface area contributed by atoms with Gasteiger partial charge in [-0.25, -0.2) is 4.98 Å². The quantitative estimate of drug-likeness (QED) is 0.166. The fraction of sp³-hybridized carbons (Fsp3) is 0.0370. The van der Waals surface area contributed by atoms with E-state index in [4.69, 9.17) is 28.6 Å². The summed E-state index contributed by atoms with van der Waals surface area (Å²) in [4.78, 5) is 31.8. The first-order valence-electron chi connectivity index (χ1n) is 10.7. The third-order valence-electron chi connectivity index (χ3n) is 5.50. The molecule has 1 fully saturated rings. The summed E-state index contributed by atoms with van der Waals surface area (Å²) in [6.45, 7) is 1.94. The molecular formula is C27H18ClN3O3S. The van der Waals surface area contributed by atoms with Crippen LogP contribution in [0.1, 0.15) is 11.1 Å². The Labute approximate surface area is 211 Å². The van der Waals surface area contributed by atoms with Gasteiger partial charge < -0.3 is 4.74 Å². The number of nitrogens with one attached hydrogen (secondary N) is 1. The van der Waals surface area contributed by atoms with E-state index < -0.39 is 11.8 Å². The Balaban J connectivity index is 1.46. The number of pyridine rings is 1. The molecule has 8 heteroatoms. The van der Waals surface area contributed by atoms with Gasteiger partial charge in [-0.1, -0.05) is 48.0 Å². The first-order chi connectivity index (χ1) is 16.9. The van der Waals surface area contributed by atoms with Crippen LogP contribution in [0.2, 0.25) is 5.15 Å². The van der Waals surface area contributed by atoms with Gasteiger partial charge in [0.25, 0.3) is 11.8 Å². The van der Waals surface area contributed by atoms with Crippen LogP contribution < -0.4 is 15.0 Å². The lowest BCUT2D eigenvalue weighted by Gasteiger charge is -2.29. The van der Waals surface area contributed by atoms with Gasteiger partial charge in [-0.3, -0.25) is 19.8 Å². The molecule has 1 aliphatic heterocycles. The summed E-state index contributed by atoms with van der Waals surface area (Å²) in [6, 6.07) is 23.8. The predicted octanol–water partition coefficient (Wildman–Crippen LogP) is 5.82. The first kappa shape index (κ1) is 22.7. The van der Waals surface area contributed by atoms with Crippen molar-refractivity contribution in [2.75, 3.05) is 4.90 Å². The smallest absolute Gasteiger partial charge is 0.270 e. The highest BCUT2D eigenvalue weighted by Crippen LogP contribution is 2.29. The number of aryl methyl sites for hydroxylation is 1. The molecule has 1 N–H and O–H groups in total. The van der Waals surface area contributed by atoms with Gasteiger partial charge in [0.1, 0.15) is 22.2 Å². The fourth-order valence-corrected chi connectivity index (χ4v) is 4.25. The van der Waals surface area contributed by atoms with Crippen LogP contribution >= 0.6 is 23.8 Å². The van der Waals surface area contributed by atoms with Crippen molar-refractivity contribution in [3.63, 3.8) is 0 Å². The standard InChI is InChI=1S/C27H18ClN3O3S/c1-16-6-5-7-17-14-18(24(28)29-23(16)17)15-22-25(32)30-27(35)31(26(22)33)19-10-12-21(13-11-19)34-20-8-3-2-4-9-20/h2-15H,1H3,(H,30,32,35)/b22-15+. The Kier molecular flexibility index (Phi) is 6.03. The van der Waals surface area contributed by atoms with Crippen molar-refractivity contribution in [2.45, 2.75) is 6.92 Å². The summed E-state index contributed by atoms with van der Waals surface area (Å²) in [5.74, 6) is 0.134. The summed E-state index contributed by atoms with van der Waals surface area (Å²) in [5.41, 5.74) is 2.59. The lowest BCUT2D eigenvalue weighted by molar-refractivity contribution is -0.122. The molecule has 172 valence electrons. The van der Waals surface area contributed by atoms with E-state index in [1.165, 1.54) is 11.0 Å². The maximum Gasteiger partial charge on any atom is 0.270 e. The third kappa shape index (κ3) is 4.51. The Morgan fingerprint density at radius 1 is 0.971 bits per heavy atom. The second kappa shape index (κ2) is 9.29. The molecule has 0 bridgehead atoms. The number of halogens is 1. The van der Waals surface area contributed by atoms with Crippen molar-refractivity contribution in [2.24, 2.45) is 0 Å². The van der Waals surface area contributed by atoms with E-state index in [1.54, 1.807) is 30.3 Å². The zero-order valence-electron chi connectivity index (χ0n) is 18.5. The van der Waals surface area contributed by atoms with Crippen molar-refractivity contribution in [1.82, 2.24) is 10.3 Å². The highest BCUT2D eigenvalue weighted by Gasteiger charge is 2.34. The number of thiocarbonyl (C=S) groups is 1. The number of nitrogens with zero attached hydrogens (tertiary/aromatic N) is 2. The number of aromatic nitrogens is 1. The van der Waals surface area contributed by atoms with Crippen molar-refractivity contribution in [3.8, 4) is 11.5 Å². The number of para-hydroxylation sites is 2. The monoisotopic (exact) mass is 499 g/mol. The number of anilines is 1. The summed E-state index contributed by atoms with van der Waals surface area (Å²) >= 11 is 11.7. The summed E-state index contributed by atoms with van der Waals surface area (Å²) < 4.78 is 5.81. The van der Waals surface area contributed by atoms with Gasteiger partial charge in [0.05, 0.1) is 11.2 Å². The van der Waals surface area contributed by atoms with Gasteiger partial charge in [0.2, 0.25) is 0 Å². The first-order valence-corrected chi connectivity index (χ1v) is 11.5. The second-order valence-corrected chi connectivity index (χ2v) is 8.63. The number of ether oxygens (including phenoxy) is 1. The molecule has 4 aromatic rings. The van der Waals surface area contributed by atoms with Crippen molar-refractivity contribution in [3.05, 3.63) is 101 Å². The van der Waals surface area contributed by atoms with Gasteiger partial charge in [-0.2, -0.15) is 0 Å². The van der Waals surface area contributed by atoms with Gasteiger partial charge in [0.15, 0.2) is 5.11 Å². The number of rotatable bonds is 4. The van der Waals surface area contributed by atoms with Crippen LogP contribution in [0.5, 0.6) is 11.5 Å². The van der Waals surface area contributed by atoms with E-state index in [-0.39, 0.29) is 15.8 Å². The number of benzene rings is 3. The normalized spacial score (nSPS) is 15.0. The molecule has 1 aliphatic rings. The third-order valence-corrected chi connectivity index (χ3v) is 6.09. The van der Waals surface area contributed by atoms with Crippen LogP contribution in [-0.4, -0.2) is 21.9 Å². The van der Waals surface area contributed by atoms with Crippen molar-refractivity contribution >= 4 is 63.4 Å². The Hall–Kier alpha value is -4.07. The molecule has 2 amide bonds. The molecule has 0 radical (unpaired) electrons. The van der Waals surface area contributed by atoms with Gasteiger partial charge in [0, 0.05) is 10.9 Å². The number of hydrogen-bond acceptors (Lipinski definition) is 5. The molecule has 0 spiro atoms. The molecule has 2 heterocycles. The SMILES string of the molecule is Cc1cccc2cc(/C=C3\C(=O)NC(=S)N(c4ccc(Oc5ccccc5)cc4)C3=O)c(Cl)nc12. The average molecular weight is 500 g/mol. The zero-order chi connectivity index (χ0) is 24.5. The summed E-state index contributed by atoms with van der Waals surface area (Å²) in [7, 11) is 0. The van der Waals surface area contributed by atoms with Crippen LogP contribution in [0.4, 0.5) is 5.69 Å². The van der Waals surface area contributed by atoms with Crippen LogP contribution in [-0.2, 0) is 9.59 Å². The molecule has 0 saturated carbocycles. The Morgan fingerprint density at radius 3 is 2.43 bits per heavy atom. The van der Waals surface area contributed by atoms with Crippen LogP contribution in [0.25, 0.3) is 17.0 Å². The van der Waals surface area contributed by atoms with E-state index >= 15 is 0 Å². The molecule has 0 aliphatic carbocycles. The van der Waals surface area contributed by atoms with Gasteiger partial charge in [-0.15, -0.1) is 0 Å².